The van der Waals surface area contributed by atoms with Gasteiger partial charge in [-0.3, -0.25) is 9.69 Å². The number of carbonyl (C=O) groups excluding carboxylic acids is 1. The van der Waals surface area contributed by atoms with Crippen molar-refractivity contribution < 1.29 is 9.42 Å². The molecule has 0 bridgehead atoms. The lowest BCUT2D eigenvalue weighted by molar-refractivity contribution is -0.129. The third-order valence-electron chi connectivity index (χ3n) is 4.64. The number of likely N-dealkylation sites (N-methyl/N-ethyl adjacent to an activating group) is 1. The molecule has 4 heterocycles. The maximum Gasteiger partial charge on any atom is 0.245 e. The van der Waals surface area contributed by atoms with E-state index >= 15 is 0 Å². The summed E-state index contributed by atoms with van der Waals surface area (Å²) in [5, 5.41) is 13.0. The van der Waals surface area contributed by atoms with E-state index in [2.05, 4.69) is 41.5 Å². The van der Waals surface area contributed by atoms with Crippen LogP contribution in [0.4, 0.5) is 11.6 Å². The summed E-state index contributed by atoms with van der Waals surface area (Å²) in [7, 11) is 3.56. The van der Waals surface area contributed by atoms with Crippen molar-refractivity contribution in [3.8, 4) is 0 Å². The molecule has 28 heavy (non-hydrogen) atoms. The Bertz CT molecular complexity index is 934. The summed E-state index contributed by atoms with van der Waals surface area (Å²) in [4.78, 5) is 28.3. The van der Waals surface area contributed by atoms with E-state index in [4.69, 9.17) is 4.63 Å². The summed E-state index contributed by atoms with van der Waals surface area (Å²) >= 11 is 1.68. The molecule has 11 heteroatoms. The zero-order valence-electron chi connectivity index (χ0n) is 15.8. The smallest absolute Gasteiger partial charge is 0.245 e. The molecule has 1 aliphatic rings. The van der Waals surface area contributed by atoms with Gasteiger partial charge in [-0.05, 0) is 21.8 Å². The summed E-state index contributed by atoms with van der Waals surface area (Å²) < 4.78 is 4.78. The Morgan fingerprint density at radius 2 is 1.96 bits per heavy atom. The van der Waals surface area contributed by atoms with Gasteiger partial charge in [0.2, 0.25) is 17.2 Å². The van der Waals surface area contributed by atoms with E-state index in [-0.39, 0.29) is 5.91 Å². The van der Waals surface area contributed by atoms with E-state index in [1.165, 1.54) is 4.88 Å². The molecule has 0 saturated carbocycles. The third-order valence-corrected chi connectivity index (χ3v) is 5.51. The summed E-state index contributed by atoms with van der Waals surface area (Å²) in [5.41, 5.74) is 0.773. The molecule has 1 amide bonds. The second-order valence-corrected chi connectivity index (χ2v) is 7.82. The zero-order chi connectivity index (χ0) is 19.5. The van der Waals surface area contributed by atoms with Crippen LogP contribution in [0, 0.1) is 0 Å². The lowest BCUT2D eigenvalue weighted by atomic mass is 10.3. The number of piperazine rings is 1. The highest BCUT2D eigenvalue weighted by Gasteiger charge is 2.24. The van der Waals surface area contributed by atoms with Crippen LogP contribution in [0.3, 0.4) is 0 Å². The molecule has 0 atom stereocenters. The standard InChI is InChI=1S/C17H22N8O2S/c1-23(2)13(26)11-24-5-7-25(8-6-24)17-16(18-10-12-4-3-9-28-12)19-14-15(20-17)22-27-21-14/h3-4,9H,5-8,10-11H2,1-2H3,(H,18,19,21). The molecule has 1 N–H and O–H groups in total. The van der Waals surface area contributed by atoms with Gasteiger partial charge in [-0.15, -0.1) is 11.3 Å². The molecule has 0 aliphatic carbocycles. The second kappa shape index (κ2) is 8.07. The molecule has 4 rings (SSSR count). The fraction of sp³-hybridized carbons (Fsp3) is 0.471. The predicted octanol–water partition coefficient (Wildman–Crippen LogP) is 0.897. The van der Waals surface area contributed by atoms with Gasteiger partial charge < -0.3 is 15.1 Å². The van der Waals surface area contributed by atoms with Crippen LogP contribution in [-0.4, -0.2) is 82.8 Å². The summed E-state index contributed by atoms with van der Waals surface area (Å²) in [5.74, 6) is 1.51. The van der Waals surface area contributed by atoms with Crippen LogP contribution in [0.1, 0.15) is 4.88 Å². The molecule has 148 valence electrons. The van der Waals surface area contributed by atoms with Crippen LogP contribution in [-0.2, 0) is 11.3 Å². The van der Waals surface area contributed by atoms with Crippen molar-refractivity contribution in [3.63, 3.8) is 0 Å². The average molecular weight is 402 g/mol. The number of hydrogen-bond donors (Lipinski definition) is 1. The molecule has 3 aromatic heterocycles. The van der Waals surface area contributed by atoms with Crippen LogP contribution < -0.4 is 10.2 Å². The van der Waals surface area contributed by atoms with E-state index < -0.39 is 0 Å². The van der Waals surface area contributed by atoms with E-state index in [1.54, 1.807) is 30.3 Å². The van der Waals surface area contributed by atoms with Gasteiger partial charge in [0, 0.05) is 45.2 Å². The van der Waals surface area contributed by atoms with E-state index in [1.807, 2.05) is 11.4 Å². The normalized spacial score (nSPS) is 15.1. The lowest BCUT2D eigenvalue weighted by Gasteiger charge is -2.35. The fourth-order valence-corrected chi connectivity index (χ4v) is 3.65. The van der Waals surface area contributed by atoms with Crippen molar-refractivity contribution in [2.24, 2.45) is 0 Å². The minimum Gasteiger partial charge on any atom is -0.362 e. The first kappa shape index (κ1) is 18.6. The number of amides is 1. The van der Waals surface area contributed by atoms with Gasteiger partial charge in [0.05, 0.1) is 13.1 Å². The Kier molecular flexibility index (Phi) is 5.35. The van der Waals surface area contributed by atoms with Crippen molar-refractivity contribution in [1.82, 2.24) is 30.1 Å². The van der Waals surface area contributed by atoms with Gasteiger partial charge in [-0.2, -0.15) is 0 Å². The van der Waals surface area contributed by atoms with Crippen LogP contribution in [0.15, 0.2) is 22.1 Å². The number of nitrogens with zero attached hydrogens (tertiary/aromatic N) is 7. The topological polar surface area (TPSA) is 104 Å². The van der Waals surface area contributed by atoms with E-state index in [0.717, 1.165) is 32.0 Å². The van der Waals surface area contributed by atoms with Gasteiger partial charge in [0.25, 0.3) is 0 Å². The summed E-state index contributed by atoms with van der Waals surface area (Å²) in [6, 6.07) is 4.09. The second-order valence-electron chi connectivity index (χ2n) is 6.79. The van der Waals surface area contributed by atoms with Gasteiger partial charge >= 0.3 is 0 Å². The first-order valence-corrected chi connectivity index (χ1v) is 9.92. The molecule has 3 aromatic rings. The van der Waals surface area contributed by atoms with Crippen LogP contribution in [0.25, 0.3) is 11.3 Å². The molecule has 10 nitrogen and oxygen atoms in total. The SMILES string of the molecule is CN(C)C(=O)CN1CCN(c2nc3nonc3nc2NCc2cccs2)CC1. The largest absolute Gasteiger partial charge is 0.362 e. The van der Waals surface area contributed by atoms with Gasteiger partial charge in [0.1, 0.15) is 0 Å². The maximum absolute atomic E-state index is 11.9. The Labute approximate surface area is 166 Å². The first-order valence-electron chi connectivity index (χ1n) is 9.04. The zero-order valence-corrected chi connectivity index (χ0v) is 16.6. The minimum atomic E-state index is 0.113. The van der Waals surface area contributed by atoms with Crippen molar-refractivity contribution in [2.75, 3.05) is 57.0 Å². The van der Waals surface area contributed by atoms with Crippen molar-refractivity contribution in [2.45, 2.75) is 6.54 Å². The fourth-order valence-electron chi connectivity index (χ4n) is 3.00. The van der Waals surface area contributed by atoms with Gasteiger partial charge in [-0.1, -0.05) is 6.07 Å². The van der Waals surface area contributed by atoms with Crippen LogP contribution in [0.5, 0.6) is 0 Å². The first-order chi connectivity index (χ1) is 13.6. The molecule has 0 unspecified atom stereocenters. The predicted molar refractivity (Wildman–Crippen MR) is 106 cm³/mol. The molecule has 0 radical (unpaired) electrons. The number of nitrogens with one attached hydrogen (secondary N) is 1. The Balaban J connectivity index is 1.49. The van der Waals surface area contributed by atoms with Gasteiger partial charge in [-0.25, -0.2) is 14.6 Å². The summed E-state index contributed by atoms with van der Waals surface area (Å²) in [6.07, 6.45) is 0. The highest BCUT2D eigenvalue weighted by Crippen LogP contribution is 2.26. The number of anilines is 2. The highest BCUT2D eigenvalue weighted by molar-refractivity contribution is 7.09. The molecular weight excluding hydrogens is 380 g/mol. The molecule has 1 saturated heterocycles. The number of carbonyl (C=O) groups is 1. The van der Waals surface area contributed by atoms with Gasteiger partial charge in [0.15, 0.2) is 11.6 Å². The number of fused-ring (bicyclic) bond motifs is 1. The van der Waals surface area contributed by atoms with Crippen molar-refractivity contribution in [3.05, 3.63) is 22.4 Å². The number of thiophene rings is 1. The Hall–Kier alpha value is -2.79. The average Bonchev–Trinajstić information content (AvgIpc) is 3.37. The molecular formula is C17H22N8O2S. The van der Waals surface area contributed by atoms with Crippen molar-refractivity contribution >= 4 is 40.2 Å². The van der Waals surface area contributed by atoms with Crippen LogP contribution >= 0.6 is 11.3 Å². The summed E-state index contributed by atoms with van der Waals surface area (Å²) in [6.45, 7) is 4.15. The van der Waals surface area contributed by atoms with Crippen molar-refractivity contribution in [1.29, 1.82) is 0 Å². The Morgan fingerprint density at radius 3 is 2.64 bits per heavy atom. The third kappa shape index (κ3) is 4.04. The molecule has 1 fully saturated rings. The number of rotatable bonds is 6. The molecule has 0 spiro atoms. The van der Waals surface area contributed by atoms with E-state index in [9.17, 15) is 4.79 Å². The molecule has 1 aliphatic heterocycles. The highest BCUT2D eigenvalue weighted by atomic mass is 32.1. The minimum absolute atomic E-state index is 0.113. The maximum atomic E-state index is 11.9. The van der Waals surface area contributed by atoms with Crippen LogP contribution in [0.2, 0.25) is 0 Å². The quantitative estimate of drug-likeness (QED) is 0.644. The number of aromatic nitrogens is 4. The Morgan fingerprint density at radius 1 is 1.21 bits per heavy atom. The van der Waals surface area contributed by atoms with E-state index in [0.29, 0.717) is 30.2 Å². The molecule has 0 aromatic carbocycles. The lowest BCUT2D eigenvalue weighted by Crippen LogP contribution is -2.49. The number of hydrogen-bond acceptors (Lipinski definition) is 10. The monoisotopic (exact) mass is 402 g/mol.